The third-order valence-electron chi connectivity index (χ3n) is 8.48. The smallest absolute Gasteiger partial charge is 0.244 e. The molecule has 1 aliphatic carbocycles. The Balaban J connectivity index is 1.24. The van der Waals surface area contributed by atoms with Gasteiger partial charge in [0, 0.05) is 36.3 Å². The lowest BCUT2D eigenvalue weighted by molar-refractivity contribution is -0.150. The standard InChI is InChI=1S/C30H29F2N5O4S/c1-29(2)28(40)36(24(15-37(29)42(3)41)18-9-20(31)12-21(32)10-18)16-25(38)34-22-7-6-17-13-30(14-19(17)11-22)23-5-4-8-33-26(23)35-27(30)39/h4-12,24H,13-16H2,1-3H3,(H,34,38)(H,33,35,39). The molecule has 3 unspecified atom stereocenters. The first-order valence-corrected chi connectivity index (χ1v) is 15.0. The van der Waals surface area contributed by atoms with Gasteiger partial charge in [0.2, 0.25) is 17.7 Å². The summed E-state index contributed by atoms with van der Waals surface area (Å²) in [5.41, 5.74) is 1.44. The van der Waals surface area contributed by atoms with Crippen molar-refractivity contribution in [1.29, 1.82) is 0 Å². The Bertz CT molecular complexity index is 1660. The molecule has 3 heterocycles. The molecule has 1 fully saturated rings. The Morgan fingerprint density at radius 3 is 2.52 bits per heavy atom. The number of anilines is 2. The molecule has 1 spiro atoms. The molecule has 2 N–H and O–H groups in total. The number of carbonyl (C=O) groups excluding carboxylic acids is 3. The van der Waals surface area contributed by atoms with Crippen LogP contribution in [0.25, 0.3) is 0 Å². The molecule has 1 saturated heterocycles. The molecule has 12 heteroatoms. The molecular weight excluding hydrogens is 564 g/mol. The molecule has 6 rings (SSSR count). The molecule has 2 aliphatic heterocycles. The van der Waals surface area contributed by atoms with E-state index in [4.69, 9.17) is 0 Å². The zero-order chi connectivity index (χ0) is 30.0. The summed E-state index contributed by atoms with van der Waals surface area (Å²) in [5, 5.41) is 5.71. The van der Waals surface area contributed by atoms with E-state index in [0.717, 1.165) is 34.9 Å². The van der Waals surface area contributed by atoms with Crippen LogP contribution in [-0.4, -0.2) is 61.0 Å². The quantitative estimate of drug-likeness (QED) is 0.472. The highest BCUT2D eigenvalue weighted by Crippen LogP contribution is 2.47. The van der Waals surface area contributed by atoms with Gasteiger partial charge >= 0.3 is 0 Å². The van der Waals surface area contributed by atoms with Crippen molar-refractivity contribution in [3.8, 4) is 0 Å². The summed E-state index contributed by atoms with van der Waals surface area (Å²) in [5.74, 6) is -2.18. The highest BCUT2D eigenvalue weighted by molar-refractivity contribution is 7.81. The molecule has 3 amide bonds. The fourth-order valence-corrected chi connectivity index (χ4v) is 7.52. The molecule has 0 saturated carbocycles. The number of rotatable bonds is 5. The minimum Gasteiger partial charge on any atom is -0.325 e. The predicted octanol–water partition coefficient (Wildman–Crippen LogP) is 3.24. The van der Waals surface area contributed by atoms with Crippen molar-refractivity contribution < 1.29 is 27.4 Å². The Morgan fingerprint density at radius 2 is 1.81 bits per heavy atom. The number of fused-ring (bicyclic) bond motifs is 3. The molecule has 2 aromatic carbocycles. The number of piperazine rings is 1. The largest absolute Gasteiger partial charge is 0.325 e. The normalized spacial score (nSPS) is 23.5. The van der Waals surface area contributed by atoms with Gasteiger partial charge < -0.3 is 15.5 Å². The van der Waals surface area contributed by atoms with Crippen LogP contribution in [0, 0.1) is 11.6 Å². The number of nitrogens with one attached hydrogen (secondary N) is 2. The van der Waals surface area contributed by atoms with Crippen LogP contribution in [0.1, 0.15) is 42.1 Å². The highest BCUT2D eigenvalue weighted by atomic mass is 32.2. The van der Waals surface area contributed by atoms with E-state index in [1.165, 1.54) is 15.5 Å². The summed E-state index contributed by atoms with van der Waals surface area (Å²) < 4.78 is 42.3. The second-order valence-electron chi connectivity index (χ2n) is 11.5. The zero-order valence-electron chi connectivity index (χ0n) is 23.2. The van der Waals surface area contributed by atoms with Gasteiger partial charge in [-0.25, -0.2) is 22.3 Å². The van der Waals surface area contributed by atoms with Crippen LogP contribution in [0.4, 0.5) is 20.3 Å². The lowest BCUT2D eigenvalue weighted by Crippen LogP contribution is -2.64. The fraction of sp³-hybridized carbons (Fsp3) is 0.333. The van der Waals surface area contributed by atoms with Crippen LogP contribution < -0.4 is 10.6 Å². The molecule has 0 radical (unpaired) electrons. The lowest BCUT2D eigenvalue weighted by atomic mass is 9.79. The van der Waals surface area contributed by atoms with Crippen LogP contribution in [0.15, 0.2) is 54.7 Å². The first-order chi connectivity index (χ1) is 19.9. The van der Waals surface area contributed by atoms with Crippen LogP contribution in [-0.2, 0) is 43.6 Å². The van der Waals surface area contributed by atoms with Crippen molar-refractivity contribution in [3.05, 3.63) is 88.6 Å². The van der Waals surface area contributed by atoms with E-state index in [1.54, 1.807) is 26.1 Å². The van der Waals surface area contributed by atoms with E-state index >= 15 is 0 Å². The number of hydrogen-bond donors (Lipinski definition) is 2. The lowest BCUT2D eigenvalue weighted by Gasteiger charge is -2.48. The molecule has 1 aromatic heterocycles. The van der Waals surface area contributed by atoms with E-state index in [1.807, 2.05) is 24.3 Å². The van der Waals surface area contributed by atoms with Gasteiger partial charge in [-0.2, -0.15) is 0 Å². The molecule has 3 aromatic rings. The summed E-state index contributed by atoms with van der Waals surface area (Å²) >= 11 is 0. The number of nitrogens with zero attached hydrogens (tertiary/aromatic N) is 3. The number of halogens is 2. The van der Waals surface area contributed by atoms with Gasteiger partial charge in [-0.1, -0.05) is 12.1 Å². The van der Waals surface area contributed by atoms with Crippen molar-refractivity contribution in [2.24, 2.45) is 0 Å². The maximum absolute atomic E-state index is 14.2. The van der Waals surface area contributed by atoms with Gasteiger partial charge in [-0.15, -0.1) is 0 Å². The number of pyridine rings is 1. The Morgan fingerprint density at radius 1 is 1.10 bits per heavy atom. The van der Waals surface area contributed by atoms with E-state index < -0.39 is 58.0 Å². The van der Waals surface area contributed by atoms with Crippen molar-refractivity contribution in [2.75, 3.05) is 30.0 Å². The first-order valence-electron chi connectivity index (χ1n) is 13.5. The average molecular weight is 594 g/mol. The number of aromatic nitrogens is 1. The number of hydrogen-bond acceptors (Lipinski definition) is 5. The minimum absolute atomic E-state index is 0.0113. The minimum atomic E-state index is -1.56. The molecule has 3 aliphatic rings. The summed E-state index contributed by atoms with van der Waals surface area (Å²) in [7, 11) is -1.56. The maximum atomic E-state index is 14.2. The second-order valence-corrected chi connectivity index (χ2v) is 12.8. The molecule has 0 bridgehead atoms. The summed E-state index contributed by atoms with van der Waals surface area (Å²) in [6.07, 6.45) is 4.03. The van der Waals surface area contributed by atoms with Gasteiger partial charge in [-0.3, -0.25) is 14.4 Å². The average Bonchev–Trinajstić information content (AvgIpc) is 3.43. The second kappa shape index (κ2) is 10.1. The summed E-state index contributed by atoms with van der Waals surface area (Å²) in [6, 6.07) is 11.2. The van der Waals surface area contributed by atoms with E-state index in [0.29, 0.717) is 24.3 Å². The predicted molar refractivity (Wildman–Crippen MR) is 153 cm³/mol. The molecule has 9 nitrogen and oxygen atoms in total. The van der Waals surface area contributed by atoms with Crippen molar-refractivity contribution in [1.82, 2.24) is 14.2 Å². The van der Waals surface area contributed by atoms with E-state index in [9.17, 15) is 27.4 Å². The molecule has 218 valence electrons. The Kier molecular flexibility index (Phi) is 6.73. The molecule has 42 heavy (non-hydrogen) atoms. The SMILES string of the molecule is CS(=O)N1CC(c2cc(F)cc(F)c2)N(CC(=O)Nc2ccc3c(c2)CC2(C3)C(=O)Nc3ncccc32)C(=O)C1(C)C. The fourth-order valence-electron chi connectivity index (χ4n) is 6.44. The van der Waals surface area contributed by atoms with E-state index in [-0.39, 0.29) is 18.0 Å². The maximum Gasteiger partial charge on any atom is 0.244 e. The Hall–Kier alpha value is -4.03. The van der Waals surface area contributed by atoms with Gasteiger partial charge in [-0.05, 0) is 73.7 Å². The first kappa shape index (κ1) is 28.1. The van der Waals surface area contributed by atoms with Crippen LogP contribution >= 0.6 is 0 Å². The molecular formula is C30H29F2N5O4S. The van der Waals surface area contributed by atoms with Crippen LogP contribution in [0.3, 0.4) is 0 Å². The monoisotopic (exact) mass is 593 g/mol. The third-order valence-corrected chi connectivity index (χ3v) is 9.71. The van der Waals surface area contributed by atoms with Crippen LogP contribution in [0.5, 0.6) is 0 Å². The highest BCUT2D eigenvalue weighted by Gasteiger charge is 2.51. The van der Waals surface area contributed by atoms with Gasteiger partial charge in [0.1, 0.15) is 29.5 Å². The van der Waals surface area contributed by atoms with Crippen molar-refractivity contribution in [2.45, 2.75) is 43.7 Å². The van der Waals surface area contributed by atoms with Crippen LogP contribution in [0.2, 0.25) is 0 Å². The van der Waals surface area contributed by atoms with Crippen molar-refractivity contribution >= 4 is 40.2 Å². The number of carbonyl (C=O) groups is 3. The van der Waals surface area contributed by atoms with Crippen molar-refractivity contribution in [3.63, 3.8) is 0 Å². The van der Waals surface area contributed by atoms with E-state index in [2.05, 4.69) is 15.6 Å². The third kappa shape index (κ3) is 4.58. The number of amides is 3. The van der Waals surface area contributed by atoms with Gasteiger partial charge in [0.05, 0.1) is 22.4 Å². The summed E-state index contributed by atoms with van der Waals surface area (Å²) in [4.78, 5) is 45.6. The number of benzene rings is 2. The zero-order valence-corrected chi connectivity index (χ0v) is 24.1. The topological polar surface area (TPSA) is 112 Å². The summed E-state index contributed by atoms with van der Waals surface area (Å²) in [6.45, 7) is 2.83. The van der Waals surface area contributed by atoms with Gasteiger partial charge in [0.25, 0.3) is 0 Å². The molecule has 3 atom stereocenters. The Labute approximate surface area is 243 Å². The van der Waals surface area contributed by atoms with Gasteiger partial charge in [0.15, 0.2) is 0 Å².